The maximum atomic E-state index is 13.0. The molecule has 0 saturated heterocycles. The third kappa shape index (κ3) is 4.06. The Balaban J connectivity index is 2.35. The Hall–Kier alpha value is -0.180. The molecule has 1 aliphatic rings. The van der Waals surface area contributed by atoms with Crippen LogP contribution in [0.25, 0.3) is 0 Å². The van der Waals surface area contributed by atoms with Crippen molar-refractivity contribution in [2.45, 2.75) is 63.8 Å². The number of alkyl halides is 2. The smallest absolute Gasteiger partial charge is 0.248 e. The van der Waals surface area contributed by atoms with Gasteiger partial charge in [0.15, 0.2) is 0 Å². The van der Waals surface area contributed by atoms with E-state index < -0.39 is 5.92 Å². The molecule has 0 bridgehead atoms. The Bertz CT molecular complexity index is 172. The summed E-state index contributed by atoms with van der Waals surface area (Å²) < 4.78 is 26.0. The summed E-state index contributed by atoms with van der Waals surface area (Å²) >= 11 is 0. The molecule has 1 rings (SSSR count). The highest BCUT2D eigenvalue weighted by atomic mass is 19.3. The minimum atomic E-state index is -2.39. The van der Waals surface area contributed by atoms with Crippen LogP contribution in [0.1, 0.15) is 51.9 Å². The van der Waals surface area contributed by atoms with Crippen molar-refractivity contribution >= 4 is 0 Å². The van der Waals surface area contributed by atoms with Crippen LogP contribution in [0.3, 0.4) is 0 Å². The zero-order valence-electron chi connectivity index (χ0n) is 9.86. The first kappa shape index (κ1) is 12.9. The molecular formula is C12H23F2N. The number of hydrogen-bond donors (Lipinski definition) is 1. The van der Waals surface area contributed by atoms with Crippen molar-refractivity contribution in [3.05, 3.63) is 0 Å². The monoisotopic (exact) mass is 219 g/mol. The van der Waals surface area contributed by atoms with E-state index in [9.17, 15) is 8.78 Å². The van der Waals surface area contributed by atoms with Crippen molar-refractivity contribution in [2.75, 3.05) is 7.05 Å². The third-order valence-electron chi connectivity index (χ3n) is 3.57. The fourth-order valence-electron chi connectivity index (χ4n) is 2.50. The molecule has 0 aromatic carbocycles. The summed E-state index contributed by atoms with van der Waals surface area (Å²) in [6, 6.07) is 0.445. The van der Waals surface area contributed by atoms with Crippen LogP contribution in [0.15, 0.2) is 0 Å². The van der Waals surface area contributed by atoms with E-state index in [0.717, 1.165) is 6.42 Å². The fraction of sp³-hybridized carbons (Fsp3) is 1.00. The van der Waals surface area contributed by atoms with E-state index >= 15 is 0 Å². The number of rotatable bonds is 5. The zero-order valence-corrected chi connectivity index (χ0v) is 9.86. The van der Waals surface area contributed by atoms with Crippen LogP contribution in [-0.4, -0.2) is 19.0 Å². The lowest BCUT2D eigenvalue weighted by Gasteiger charge is -2.33. The lowest BCUT2D eigenvalue weighted by molar-refractivity contribution is -0.0496. The second-order valence-corrected chi connectivity index (χ2v) is 4.73. The largest absolute Gasteiger partial charge is 0.317 e. The standard InChI is InChI=1S/C12H23F2N/c1-3-4-5-11(15-2)10-6-8-12(13,14)9-7-10/h10-11,15H,3-9H2,1-2H3. The van der Waals surface area contributed by atoms with Gasteiger partial charge in [0.2, 0.25) is 5.92 Å². The molecule has 0 heterocycles. The van der Waals surface area contributed by atoms with Gasteiger partial charge in [-0.1, -0.05) is 19.8 Å². The van der Waals surface area contributed by atoms with Gasteiger partial charge in [-0.3, -0.25) is 0 Å². The van der Waals surface area contributed by atoms with Crippen LogP contribution >= 0.6 is 0 Å². The average molecular weight is 219 g/mol. The molecule has 15 heavy (non-hydrogen) atoms. The van der Waals surface area contributed by atoms with E-state index in [1.165, 1.54) is 12.8 Å². The van der Waals surface area contributed by atoms with Gasteiger partial charge in [-0.15, -0.1) is 0 Å². The van der Waals surface area contributed by atoms with E-state index in [4.69, 9.17) is 0 Å². The summed E-state index contributed by atoms with van der Waals surface area (Å²) in [6.07, 6.45) is 5.04. The summed E-state index contributed by atoms with van der Waals surface area (Å²) in [7, 11) is 1.95. The highest BCUT2D eigenvalue weighted by Gasteiger charge is 2.36. The van der Waals surface area contributed by atoms with Crippen LogP contribution in [0, 0.1) is 5.92 Å². The summed E-state index contributed by atoms with van der Waals surface area (Å²) in [5.74, 6) is -1.93. The van der Waals surface area contributed by atoms with Crippen molar-refractivity contribution < 1.29 is 8.78 Å². The molecular weight excluding hydrogens is 196 g/mol. The molecule has 3 heteroatoms. The fourth-order valence-corrected chi connectivity index (χ4v) is 2.50. The van der Waals surface area contributed by atoms with Crippen molar-refractivity contribution in [3.63, 3.8) is 0 Å². The van der Waals surface area contributed by atoms with E-state index in [-0.39, 0.29) is 12.8 Å². The minimum absolute atomic E-state index is 0.0853. The van der Waals surface area contributed by atoms with Crippen molar-refractivity contribution in [3.8, 4) is 0 Å². The third-order valence-corrected chi connectivity index (χ3v) is 3.57. The van der Waals surface area contributed by atoms with Crippen LogP contribution in [0.4, 0.5) is 8.78 Å². The number of unbranched alkanes of at least 4 members (excludes halogenated alkanes) is 1. The number of halogens is 2. The molecule has 0 aromatic heterocycles. The summed E-state index contributed by atoms with van der Waals surface area (Å²) in [4.78, 5) is 0. The Morgan fingerprint density at radius 1 is 1.33 bits per heavy atom. The highest BCUT2D eigenvalue weighted by molar-refractivity contribution is 4.84. The van der Waals surface area contributed by atoms with Crippen molar-refractivity contribution in [1.29, 1.82) is 0 Å². The first-order valence-corrected chi connectivity index (χ1v) is 6.14. The molecule has 0 radical (unpaired) electrons. The van der Waals surface area contributed by atoms with Gasteiger partial charge in [-0.05, 0) is 32.2 Å². The Labute approximate surface area is 91.6 Å². The van der Waals surface area contributed by atoms with Gasteiger partial charge >= 0.3 is 0 Å². The molecule has 1 N–H and O–H groups in total. The van der Waals surface area contributed by atoms with Crippen LogP contribution < -0.4 is 5.32 Å². The first-order valence-electron chi connectivity index (χ1n) is 6.14. The molecule has 0 amide bonds. The topological polar surface area (TPSA) is 12.0 Å². The summed E-state index contributed by atoms with van der Waals surface area (Å²) in [5, 5.41) is 3.29. The number of hydrogen-bond acceptors (Lipinski definition) is 1. The van der Waals surface area contributed by atoms with Gasteiger partial charge in [0, 0.05) is 18.9 Å². The Morgan fingerprint density at radius 2 is 1.93 bits per heavy atom. The maximum Gasteiger partial charge on any atom is 0.248 e. The second kappa shape index (κ2) is 5.78. The van der Waals surface area contributed by atoms with Gasteiger partial charge in [-0.2, -0.15) is 0 Å². The molecule has 1 nitrogen and oxygen atoms in total. The van der Waals surface area contributed by atoms with Crippen LogP contribution in [0.5, 0.6) is 0 Å². The SMILES string of the molecule is CCCCC(NC)C1CCC(F)(F)CC1. The van der Waals surface area contributed by atoms with Gasteiger partial charge in [0.1, 0.15) is 0 Å². The second-order valence-electron chi connectivity index (χ2n) is 4.73. The van der Waals surface area contributed by atoms with Gasteiger partial charge < -0.3 is 5.32 Å². The lowest BCUT2D eigenvalue weighted by Crippen LogP contribution is -2.38. The molecule has 90 valence electrons. The molecule has 0 spiro atoms. The Kier molecular flexibility index (Phi) is 4.97. The molecule has 0 aliphatic heterocycles. The van der Waals surface area contributed by atoms with Crippen molar-refractivity contribution in [2.24, 2.45) is 5.92 Å². The molecule has 1 saturated carbocycles. The first-order chi connectivity index (χ1) is 7.09. The highest BCUT2D eigenvalue weighted by Crippen LogP contribution is 2.38. The normalized spacial score (nSPS) is 24.0. The minimum Gasteiger partial charge on any atom is -0.317 e. The van der Waals surface area contributed by atoms with E-state index in [1.807, 2.05) is 7.05 Å². The van der Waals surface area contributed by atoms with Gasteiger partial charge in [-0.25, -0.2) is 8.78 Å². The van der Waals surface area contributed by atoms with E-state index in [0.29, 0.717) is 24.8 Å². The lowest BCUT2D eigenvalue weighted by atomic mass is 9.80. The molecule has 1 atom stereocenters. The van der Waals surface area contributed by atoms with Gasteiger partial charge in [0.05, 0.1) is 0 Å². The van der Waals surface area contributed by atoms with Crippen LogP contribution in [-0.2, 0) is 0 Å². The predicted octanol–water partition coefficient (Wildman–Crippen LogP) is 3.59. The van der Waals surface area contributed by atoms with Crippen LogP contribution in [0.2, 0.25) is 0 Å². The van der Waals surface area contributed by atoms with E-state index in [2.05, 4.69) is 12.2 Å². The molecule has 1 fully saturated rings. The quantitative estimate of drug-likeness (QED) is 0.745. The molecule has 0 aromatic rings. The molecule has 1 aliphatic carbocycles. The Morgan fingerprint density at radius 3 is 2.40 bits per heavy atom. The summed E-state index contributed by atoms with van der Waals surface area (Å²) in [6.45, 7) is 2.17. The summed E-state index contributed by atoms with van der Waals surface area (Å²) in [5.41, 5.74) is 0. The molecule has 1 unspecified atom stereocenters. The van der Waals surface area contributed by atoms with E-state index in [1.54, 1.807) is 0 Å². The number of nitrogens with one attached hydrogen (secondary N) is 1. The average Bonchev–Trinajstić information content (AvgIpc) is 2.21. The van der Waals surface area contributed by atoms with Gasteiger partial charge in [0.25, 0.3) is 0 Å². The zero-order chi connectivity index (χ0) is 11.3. The maximum absolute atomic E-state index is 13.0. The van der Waals surface area contributed by atoms with Crippen molar-refractivity contribution in [1.82, 2.24) is 5.32 Å². The predicted molar refractivity (Wildman–Crippen MR) is 59.3 cm³/mol.